The number of halogens is 2. The van der Waals surface area contributed by atoms with E-state index in [0.29, 0.717) is 12.0 Å². The van der Waals surface area contributed by atoms with Crippen LogP contribution in [0.4, 0.5) is 4.39 Å². The Hall–Kier alpha value is -0.640. The van der Waals surface area contributed by atoms with Crippen LogP contribution < -0.4 is 5.73 Å². The van der Waals surface area contributed by atoms with Crippen molar-refractivity contribution >= 4 is 11.6 Å². The highest BCUT2D eigenvalue weighted by Crippen LogP contribution is 2.27. The molecule has 2 nitrogen and oxygen atoms in total. The molecule has 0 amide bonds. The number of hydrogen-bond acceptors (Lipinski definition) is 2. The minimum Gasteiger partial charge on any atom is -0.387 e. The molecule has 0 unspecified atom stereocenters. The van der Waals surface area contributed by atoms with Crippen LogP contribution in [0.15, 0.2) is 18.2 Å². The molecule has 0 spiro atoms. The van der Waals surface area contributed by atoms with Crippen molar-refractivity contribution in [2.24, 2.45) is 5.73 Å². The third-order valence-electron chi connectivity index (χ3n) is 2.33. The van der Waals surface area contributed by atoms with Crippen molar-refractivity contribution in [2.75, 3.05) is 0 Å². The number of aliphatic hydroxyl groups is 1. The standard InChI is InChI=1S/C11H15ClFNO/c1-2-4-9(14)11(15)7-5-3-6-8(13)10(7)12/h3,5-6,9,11,15H,2,4,14H2,1H3/t9-,11-/m0/s1. The zero-order valence-corrected chi connectivity index (χ0v) is 9.34. The lowest BCUT2D eigenvalue weighted by atomic mass is 9.99. The van der Waals surface area contributed by atoms with E-state index in [-0.39, 0.29) is 5.02 Å². The zero-order chi connectivity index (χ0) is 11.4. The summed E-state index contributed by atoms with van der Waals surface area (Å²) in [6, 6.07) is 3.95. The maximum Gasteiger partial charge on any atom is 0.142 e. The van der Waals surface area contributed by atoms with Gasteiger partial charge in [-0.05, 0) is 12.5 Å². The van der Waals surface area contributed by atoms with Gasteiger partial charge in [0, 0.05) is 11.6 Å². The fourth-order valence-corrected chi connectivity index (χ4v) is 1.71. The second-order valence-corrected chi connectivity index (χ2v) is 3.92. The fourth-order valence-electron chi connectivity index (χ4n) is 1.47. The van der Waals surface area contributed by atoms with Crippen molar-refractivity contribution in [1.82, 2.24) is 0 Å². The lowest BCUT2D eigenvalue weighted by Gasteiger charge is -2.19. The van der Waals surface area contributed by atoms with Gasteiger partial charge in [0.15, 0.2) is 0 Å². The van der Waals surface area contributed by atoms with Gasteiger partial charge < -0.3 is 10.8 Å². The van der Waals surface area contributed by atoms with Gasteiger partial charge in [-0.1, -0.05) is 37.1 Å². The number of hydrogen-bond donors (Lipinski definition) is 2. The molecule has 0 fully saturated rings. The first-order chi connectivity index (χ1) is 7.07. The van der Waals surface area contributed by atoms with Crippen LogP contribution in [0.3, 0.4) is 0 Å². The van der Waals surface area contributed by atoms with Crippen LogP contribution in [0, 0.1) is 5.82 Å². The van der Waals surface area contributed by atoms with E-state index in [1.165, 1.54) is 12.1 Å². The zero-order valence-electron chi connectivity index (χ0n) is 8.58. The minimum atomic E-state index is -0.909. The van der Waals surface area contributed by atoms with E-state index in [2.05, 4.69) is 0 Å². The monoisotopic (exact) mass is 231 g/mol. The molecule has 84 valence electrons. The molecule has 0 aliphatic heterocycles. The Balaban J connectivity index is 2.90. The third kappa shape index (κ3) is 2.91. The lowest BCUT2D eigenvalue weighted by molar-refractivity contribution is 0.141. The van der Waals surface area contributed by atoms with Crippen LogP contribution >= 0.6 is 11.6 Å². The Kier molecular flexibility index (Phi) is 4.51. The highest BCUT2D eigenvalue weighted by atomic mass is 35.5. The molecule has 1 aromatic carbocycles. The molecule has 1 aromatic rings. The first-order valence-electron chi connectivity index (χ1n) is 4.95. The van der Waals surface area contributed by atoms with Crippen molar-refractivity contribution in [3.63, 3.8) is 0 Å². The van der Waals surface area contributed by atoms with Crippen molar-refractivity contribution < 1.29 is 9.50 Å². The third-order valence-corrected chi connectivity index (χ3v) is 2.73. The Labute approximate surface area is 93.9 Å². The summed E-state index contributed by atoms with van der Waals surface area (Å²) in [4.78, 5) is 0. The second-order valence-electron chi connectivity index (χ2n) is 3.54. The number of aliphatic hydroxyl groups excluding tert-OH is 1. The van der Waals surface area contributed by atoms with Gasteiger partial charge in [0.05, 0.1) is 11.1 Å². The van der Waals surface area contributed by atoms with Crippen LogP contribution in [-0.4, -0.2) is 11.1 Å². The van der Waals surface area contributed by atoms with E-state index in [1.54, 1.807) is 6.07 Å². The molecule has 2 atom stereocenters. The van der Waals surface area contributed by atoms with Crippen molar-refractivity contribution in [1.29, 1.82) is 0 Å². The van der Waals surface area contributed by atoms with Gasteiger partial charge in [0.25, 0.3) is 0 Å². The van der Waals surface area contributed by atoms with E-state index < -0.39 is 18.0 Å². The van der Waals surface area contributed by atoms with Gasteiger partial charge in [-0.15, -0.1) is 0 Å². The summed E-state index contributed by atoms with van der Waals surface area (Å²) in [5.74, 6) is -0.531. The second kappa shape index (κ2) is 5.45. The van der Waals surface area contributed by atoms with Crippen LogP contribution in [0.2, 0.25) is 5.02 Å². The molecule has 1 rings (SSSR count). The first kappa shape index (κ1) is 12.4. The normalized spacial score (nSPS) is 15.0. The van der Waals surface area contributed by atoms with Crippen LogP contribution in [0.1, 0.15) is 31.4 Å². The number of nitrogens with two attached hydrogens (primary N) is 1. The lowest BCUT2D eigenvalue weighted by Crippen LogP contribution is -2.28. The molecule has 0 heterocycles. The number of rotatable bonds is 4. The molecule has 0 aromatic heterocycles. The minimum absolute atomic E-state index is 0.0449. The van der Waals surface area contributed by atoms with Gasteiger partial charge in [-0.2, -0.15) is 0 Å². The molecule has 3 N–H and O–H groups in total. The molecule has 15 heavy (non-hydrogen) atoms. The molecule has 0 aliphatic carbocycles. The molecule has 0 bridgehead atoms. The Bertz CT molecular complexity index is 332. The maximum absolute atomic E-state index is 13.1. The van der Waals surface area contributed by atoms with Crippen molar-refractivity contribution in [2.45, 2.75) is 31.9 Å². The van der Waals surface area contributed by atoms with Crippen LogP contribution in [-0.2, 0) is 0 Å². The van der Waals surface area contributed by atoms with Crippen LogP contribution in [0.25, 0.3) is 0 Å². The molecule has 0 radical (unpaired) electrons. The molecule has 0 saturated carbocycles. The Morgan fingerprint density at radius 3 is 2.80 bits per heavy atom. The summed E-state index contributed by atoms with van der Waals surface area (Å²) < 4.78 is 13.1. The van der Waals surface area contributed by atoms with Gasteiger partial charge in [-0.3, -0.25) is 0 Å². The summed E-state index contributed by atoms with van der Waals surface area (Å²) >= 11 is 5.74. The van der Waals surface area contributed by atoms with Crippen molar-refractivity contribution in [3.8, 4) is 0 Å². The highest BCUT2D eigenvalue weighted by Gasteiger charge is 2.20. The summed E-state index contributed by atoms with van der Waals surface area (Å²) in [7, 11) is 0. The average molecular weight is 232 g/mol. The summed E-state index contributed by atoms with van der Waals surface area (Å²) in [6.07, 6.45) is 0.632. The van der Waals surface area contributed by atoms with Gasteiger partial charge in [0.2, 0.25) is 0 Å². The number of benzene rings is 1. The largest absolute Gasteiger partial charge is 0.387 e. The van der Waals surface area contributed by atoms with E-state index in [9.17, 15) is 9.50 Å². The SMILES string of the molecule is CCC[C@H](N)[C@@H](O)c1cccc(F)c1Cl. The first-order valence-corrected chi connectivity index (χ1v) is 5.33. The smallest absolute Gasteiger partial charge is 0.142 e. The van der Waals surface area contributed by atoms with E-state index in [0.717, 1.165) is 6.42 Å². The molecule has 0 aliphatic rings. The van der Waals surface area contributed by atoms with E-state index in [1.807, 2.05) is 6.92 Å². The molecule has 0 saturated heterocycles. The fraction of sp³-hybridized carbons (Fsp3) is 0.455. The summed E-state index contributed by atoms with van der Waals surface area (Å²) in [6.45, 7) is 1.97. The Morgan fingerprint density at radius 1 is 1.53 bits per heavy atom. The molecule has 4 heteroatoms. The van der Waals surface area contributed by atoms with Crippen molar-refractivity contribution in [3.05, 3.63) is 34.6 Å². The molecular weight excluding hydrogens is 217 g/mol. The van der Waals surface area contributed by atoms with E-state index in [4.69, 9.17) is 17.3 Å². The van der Waals surface area contributed by atoms with Gasteiger partial charge in [0.1, 0.15) is 5.82 Å². The molecular formula is C11H15ClFNO. The van der Waals surface area contributed by atoms with Gasteiger partial charge >= 0.3 is 0 Å². The van der Waals surface area contributed by atoms with Crippen LogP contribution in [0.5, 0.6) is 0 Å². The predicted molar refractivity (Wildman–Crippen MR) is 59.3 cm³/mol. The summed E-state index contributed by atoms with van der Waals surface area (Å²) in [5, 5.41) is 9.80. The quantitative estimate of drug-likeness (QED) is 0.837. The predicted octanol–water partition coefficient (Wildman–Crippen LogP) is 2.64. The maximum atomic E-state index is 13.1. The highest BCUT2D eigenvalue weighted by molar-refractivity contribution is 6.31. The van der Waals surface area contributed by atoms with Gasteiger partial charge in [-0.25, -0.2) is 4.39 Å². The topological polar surface area (TPSA) is 46.2 Å². The summed E-state index contributed by atoms with van der Waals surface area (Å²) in [5.41, 5.74) is 6.11. The van der Waals surface area contributed by atoms with E-state index >= 15 is 0 Å². The Morgan fingerprint density at radius 2 is 2.20 bits per heavy atom. The average Bonchev–Trinajstić information content (AvgIpc) is 2.21.